The second-order valence-electron chi connectivity index (χ2n) is 5.10. The van der Waals surface area contributed by atoms with Crippen molar-refractivity contribution >= 4 is 38.9 Å². The fourth-order valence-electron chi connectivity index (χ4n) is 1.72. The van der Waals surface area contributed by atoms with Crippen LogP contribution in [0.2, 0.25) is 0 Å². The molecular weight excluding hydrogens is 286 g/mol. The average molecular weight is 300 g/mol. The van der Waals surface area contributed by atoms with Crippen LogP contribution < -0.4 is 9.61 Å². The highest BCUT2D eigenvalue weighted by molar-refractivity contribution is 7.16. The van der Waals surface area contributed by atoms with Crippen LogP contribution in [0.5, 0.6) is 5.75 Å². The summed E-state index contributed by atoms with van der Waals surface area (Å²) in [5.41, 5.74) is 0.625. The Balaban J connectivity index is 2.64. The third-order valence-electron chi connectivity index (χ3n) is 2.38. The van der Waals surface area contributed by atoms with Crippen molar-refractivity contribution in [2.45, 2.75) is 26.4 Å². The zero-order chi connectivity index (χ0) is 14.2. The highest BCUT2D eigenvalue weighted by atomic mass is 35.5. The van der Waals surface area contributed by atoms with Crippen molar-refractivity contribution in [2.75, 3.05) is 5.88 Å². The summed E-state index contributed by atoms with van der Waals surface area (Å²) in [5, 5.41) is 0. The van der Waals surface area contributed by atoms with E-state index in [9.17, 15) is 9.59 Å². The third-order valence-corrected chi connectivity index (χ3v) is 3.54. The number of thiazole rings is 1. The molecule has 0 atom stereocenters. The fraction of sp³-hybridized carbons (Fsp3) is 0.385. The van der Waals surface area contributed by atoms with Crippen LogP contribution >= 0.6 is 22.9 Å². The van der Waals surface area contributed by atoms with E-state index in [0.717, 1.165) is 11.3 Å². The Morgan fingerprint density at radius 1 is 1.42 bits per heavy atom. The van der Waals surface area contributed by atoms with E-state index in [4.69, 9.17) is 16.3 Å². The first-order valence-electron chi connectivity index (χ1n) is 5.76. The van der Waals surface area contributed by atoms with Crippen molar-refractivity contribution in [3.63, 3.8) is 0 Å². The molecule has 0 aliphatic carbocycles. The molecule has 0 unspecified atom stereocenters. The van der Waals surface area contributed by atoms with Crippen LogP contribution in [0.1, 0.15) is 31.1 Å². The molecule has 102 valence electrons. The standard InChI is InChI=1S/C13H14ClNO3S/c1-13(2,3)18-9-5-4-7(8(16)6-14)11-10(9)15-12(17)19-11/h4-5H,6H2,1-3H3,(H,15,17). The second-order valence-corrected chi connectivity index (χ2v) is 6.35. The van der Waals surface area contributed by atoms with Gasteiger partial charge < -0.3 is 9.72 Å². The number of hydrogen-bond donors (Lipinski definition) is 1. The molecule has 2 aromatic rings. The van der Waals surface area contributed by atoms with Gasteiger partial charge in [0, 0.05) is 5.56 Å². The summed E-state index contributed by atoms with van der Waals surface area (Å²) in [4.78, 5) is 25.8. The molecular formula is C13H14ClNO3S. The van der Waals surface area contributed by atoms with Gasteiger partial charge in [0.25, 0.3) is 0 Å². The molecule has 2 rings (SSSR count). The average Bonchev–Trinajstić information content (AvgIpc) is 2.68. The number of rotatable bonds is 3. The number of fused-ring (bicyclic) bond motifs is 1. The minimum Gasteiger partial charge on any atom is -0.486 e. The molecule has 1 aromatic heterocycles. The Morgan fingerprint density at radius 2 is 2.11 bits per heavy atom. The van der Waals surface area contributed by atoms with E-state index in [2.05, 4.69) is 4.98 Å². The van der Waals surface area contributed by atoms with Crippen LogP contribution in [0.15, 0.2) is 16.9 Å². The molecule has 6 heteroatoms. The summed E-state index contributed by atoms with van der Waals surface area (Å²) in [7, 11) is 0. The minimum absolute atomic E-state index is 0.110. The molecule has 19 heavy (non-hydrogen) atoms. The normalized spacial score (nSPS) is 11.8. The van der Waals surface area contributed by atoms with Gasteiger partial charge in [-0.1, -0.05) is 11.3 Å². The maximum absolute atomic E-state index is 11.8. The first-order valence-corrected chi connectivity index (χ1v) is 7.11. The van der Waals surface area contributed by atoms with Gasteiger partial charge in [-0.2, -0.15) is 0 Å². The summed E-state index contributed by atoms with van der Waals surface area (Å²) in [6.07, 6.45) is 0. The van der Waals surface area contributed by atoms with Gasteiger partial charge in [0.15, 0.2) is 5.78 Å². The number of aromatic nitrogens is 1. The van der Waals surface area contributed by atoms with Gasteiger partial charge in [-0.25, -0.2) is 0 Å². The predicted molar refractivity (Wildman–Crippen MR) is 77.9 cm³/mol. The molecule has 0 spiro atoms. The van der Waals surface area contributed by atoms with Gasteiger partial charge >= 0.3 is 4.87 Å². The highest BCUT2D eigenvalue weighted by Crippen LogP contribution is 2.31. The number of Topliss-reactive ketones (excluding diaryl/α,β-unsaturated/α-hetero) is 1. The first kappa shape index (κ1) is 14.1. The molecule has 0 radical (unpaired) electrons. The van der Waals surface area contributed by atoms with Gasteiger partial charge in [-0.05, 0) is 32.9 Å². The fourth-order valence-corrected chi connectivity index (χ4v) is 2.74. The maximum atomic E-state index is 11.8. The number of H-pyrrole nitrogens is 1. The number of ketones is 1. The molecule has 0 aliphatic heterocycles. The lowest BCUT2D eigenvalue weighted by Gasteiger charge is -2.21. The summed E-state index contributed by atoms with van der Waals surface area (Å²) in [5.74, 6) is 0.247. The number of alkyl halides is 1. The van der Waals surface area contributed by atoms with E-state index in [1.165, 1.54) is 0 Å². The minimum atomic E-state index is -0.385. The molecule has 4 nitrogen and oxygen atoms in total. The van der Waals surface area contributed by atoms with Crippen LogP contribution in [0.25, 0.3) is 10.2 Å². The van der Waals surface area contributed by atoms with Gasteiger partial charge in [-0.3, -0.25) is 9.59 Å². The zero-order valence-corrected chi connectivity index (χ0v) is 12.4. The second kappa shape index (κ2) is 4.98. The number of halogens is 1. The number of carbonyl (C=O) groups excluding carboxylic acids is 1. The largest absolute Gasteiger partial charge is 0.486 e. The molecule has 0 amide bonds. The Hall–Kier alpha value is -1.33. The van der Waals surface area contributed by atoms with Gasteiger partial charge in [0.1, 0.15) is 16.9 Å². The van der Waals surface area contributed by atoms with Crippen LogP contribution in [0.4, 0.5) is 0 Å². The van der Waals surface area contributed by atoms with Gasteiger partial charge in [0.2, 0.25) is 0 Å². The Kier molecular flexibility index (Phi) is 3.69. The van der Waals surface area contributed by atoms with Crippen LogP contribution in [-0.2, 0) is 0 Å². The number of aromatic amines is 1. The monoisotopic (exact) mass is 299 g/mol. The molecule has 1 aromatic carbocycles. The number of ether oxygens (including phenoxy) is 1. The lowest BCUT2D eigenvalue weighted by molar-refractivity contribution is 0.102. The summed E-state index contributed by atoms with van der Waals surface area (Å²) in [6, 6.07) is 3.34. The van der Waals surface area contributed by atoms with Crippen molar-refractivity contribution in [2.24, 2.45) is 0 Å². The Labute approximate surface area is 119 Å². The quantitative estimate of drug-likeness (QED) is 0.699. The SMILES string of the molecule is CC(C)(C)Oc1ccc(C(=O)CCl)c2sc(=O)[nH]c12. The van der Waals surface area contributed by atoms with Crippen LogP contribution in [-0.4, -0.2) is 22.2 Å². The molecule has 0 bridgehead atoms. The van der Waals surface area contributed by atoms with Crippen molar-refractivity contribution < 1.29 is 9.53 Å². The molecule has 1 N–H and O–H groups in total. The number of carbonyl (C=O) groups is 1. The Bertz CT molecular complexity index is 681. The molecule has 1 heterocycles. The lowest BCUT2D eigenvalue weighted by atomic mass is 10.1. The first-order chi connectivity index (χ1) is 8.81. The van der Waals surface area contributed by atoms with Crippen molar-refractivity contribution in [1.29, 1.82) is 0 Å². The van der Waals surface area contributed by atoms with Crippen molar-refractivity contribution in [3.05, 3.63) is 27.4 Å². The topological polar surface area (TPSA) is 59.2 Å². The lowest BCUT2D eigenvalue weighted by Crippen LogP contribution is -2.23. The number of hydrogen-bond acceptors (Lipinski definition) is 4. The number of benzene rings is 1. The van der Waals surface area contributed by atoms with Crippen LogP contribution in [0, 0.1) is 0 Å². The molecule has 0 aliphatic rings. The van der Waals surface area contributed by atoms with E-state index < -0.39 is 0 Å². The smallest absolute Gasteiger partial charge is 0.305 e. The highest BCUT2D eigenvalue weighted by Gasteiger charge is 2.19. The predicted octanol–water partition coefficient (Wildman–Crippen LogP) is 3.19. The van der Waals surface area contributed by atoms with Crippen molar-refractivity contribution in [3.8, 4) is 5.75 Å². The van der Waals surface area contributed by atoms with E-state index >= 15 is 0 Å². The van der Waals surface area contributed by atoms with E-state index in [1.54, 1.807) is 12.1 Å². The molecule has 0 fully saturated rings. The molecule has 0 saturated carbocycles. The van der Waals surface area contributed by atoms with Crippen LogP contribution in [0.3, 0.4) is 0 Å². The summed E-state index contributed by atoms with van der Waals surface area (Å²) < 4.78 is 6.38. The Morgan fingerprint density at radius 3 is 2.68 bits per heavy atom. The summed E-state index contributed by atoms with van der Waals surface area (Å²) in [6.45, 7) is 5.75. The van der Waals surface area contributed by atoms with Gasteiger partial charge in [-0.15, -0.1) is 11.6 Å². The summed E-state index contributed by atoms with van der Waals surface area (Å²) >= 11 is 6.57. The molecule has 0 saturated heterocycles. The zero-order valence-electron chi connectivity index (χ0n) is 10.9. The number of nitrogens with one attached hydrogen (secondary N) is 1. The van der Waals surface area contributed by atoms with E-state index in [-0.39, 0.29) is 22.1 Å². The van der Waals surface area contributed by atoms with E-state index in [1.807, 2.05) is 20.8 Å². The van der Waals surface area contributed by atoms with E-state index in [0.29, 0.717) is 21.5 Å². The maximum Gasteiger partial charge on any atom is 0.305 e. The van der Waals surface area contributed by atoms with Gasteiger partial charge in [0.05, 0.1) is 10.6 Å². The third kappa shape index (κ3) is 2.98. The van der Waals surface area contributed by atoms with Crippen molar-refractivity contribution in [1.82, 2.24) is 4.98 Å².